The van der Waals surface area contributed by atoms with Gasteiger partial charge in [0.25, 0.3) is 0 Å². The molecule has 7 heteroatoms. The first-order valence-corrected chi connectivity index (χ1v) is 13.9. The number of unbranched alkanes of at least 4 members (excludes halogenated alkanes) is 14. The summed E-state index contributed by atoms with van der Waals surface area (Å²) in [7, 11) is -4.47. The molecule has 180 valence electrons. The van der Waals surface area contributed by atoms with Crippen molar-refractivity contribution in [3.8, 4) is 0 Å². The number of nitrogen functional groups attached to an aromatic ring is 1. The van der Waals surface area contributed by atoms with Gasteiger partial charge in [0.2, 0.25) is 0 Å². The van der Waals surface area contributed by atoms with Crippen molar-refractivity contribution in [2.75, 3.05) is 11.1 Å². The van der Waals surface area contributed by atoms with E-state index in [4.69, 9.17) is 5.73 Å². The molecule has 0 amide bonds. The average molecular weight is 477 g/mol. The Hall–Kier alpha value is -0.270. The van der Waals surface area contributed by atoms with Crippen LogP contribution in [-0.2, 0) is 10.1 Å². The molecule has 5 nitrogen and oxygen atoms in total. The molecule has 0 aliphatic rings. The molecule has 0 aromatic heterocycles. The molecule has 1 rings (SSSR count). The minimum atomic E-state index is -4.47. The first kappa shape index (κ1) is 31.7. The van der Waals surface area contributed by atoms with Crippen molar-refractivity contribution in [2.24, 2.45) is 0 Å². The zero-order chi connectivity index (χ0) is 23.0. The van der Waals surface area contributed by atoms with E-state index < -0.39 is 10.1 Å². The Bertz CT molecular complexity index is 698. The van der Waals surface area contributed by atoms with Gasteiger partial charge < -0.3 is 15.6 Å². The van der Waals surface area contributed by atoms with Crippen LogP contribution in [0, 0.1) is 0 Å². The first-order chi connectivity index (χ1) is 14.8. The van der Waals surface area contributed by atoms with Crippen LogP contribution < -0.4 is 40.6 Å². The van der Waals surface area contributed by atoms with E-state index in [-0.39, 0.29) is 40.5 Å². The molecular weight excluding hydrogens is 431 g/mol. The molecule has 0 radical (unpaired) electrons. The van der Waals surface area contributed by atoms with Crippen molar-refractivity contribution in [2.45, 2.75) is 128 Å². The number of rotatable bonds is 19. The van der Waals surface area contributed by atoms with Crippen molar-refractivity contribution in [1.82, 2.24) is 0 Å². The third kappa shape index (κ3) is 15.5. The number of nitrogens with two attached hydrogens (primary N) is 1. The molecule has 1 aromatic carbocycles. The molecule has 0 saturated heterocycles. The SMILES string of the molecule is CCCCCCCCCCCCCCCCCC(C)Nc1ccc(S(=O)(=O)[O-])cc1N.[Na+]. The molecule has 0 heterocycles. The van der Waals surface area contributed by atoms with Gasteiger partial charge in [0.1, 0.15) is 10.1 Å². The summed E-state index contributed by atoms with van der Waals surface area (Å²) in [6.45, 7) is 4.37. The fraction of sp³-hybridized carbons (Fsp3) is 0.760. The second-order valence-corrected chi connectivity index (χ2v) is 10.4. The molecule has 0 saturated carbocycles. The van der Waals surface area contributed by atoms with Gasteiger partial charge in [0.15, 0.2) is 0 Å². The number of benzene rings is 1. The molecule has 0 fully saturated rings. The second kappa shape index (κ2) is 19.1. The van der Waals surface area contributed by atoms with E-state index >= 15 is 0 Å². The maximum Gasteiger partial charge on any atom is 1.00 e. The van der Waals surface area contributed by atoms with Gasteiger partial charge in [0.05, 0.1) is 16.3 Å². The predicted octanol–water partition coefficient (Wildman–Crippen LogP) is 4.24. The zero-order valence-corrected chi connectivity index (χ0v) is 23.6. The van der Waals surface area contributed by atoms with E-state index in [1.165, 1.54) is 108 Å². The molecule has 1 atom stereocenters. The van der Waals surface area contributed by atoms with Gasteiger partial charge in [0, 0.05) is 6.04 Å². The third-order valence-electron chi connectivity index (χ3n) is 5.95. The van der Waals surface area contributed by atoms with Crippen LogP contribution in [0.4, 0.5) is 11.4 Å². The summed E-state index contributed by atoms with van der Waals surface area (Å²) < 4.78 is 33.2. The van der Waals surface area contributed by atoms with Crippen LogP contribution in [0.1, 0.15) is 117 Å². The fourth-order valence-corrected chi connectivity index (χ4v) is 4.49. The van der Waals surface area contributed by atoms with Crippen LogP contribution in [0.25, 0.3) is 0 Å². The Morgan fingerprint density at radius 1 is 0.844 bits per heavy atom. The summed E-state index contributed by atoms with van der Waals surface area (Å²) in [6, 6.07) is 4.36. The fourth-order valence-electron chi connectivity index (χ4n) is 3.99. The van der Waals surface area contributed by atoms with Crippen molar-refractivity contribution in [3.63, 3.8) is 0 Å². The van der Waals surface area contributed by atoms with Crippen molar-refractivity contribution >= 4 is 21.5 Å². The molecular formula is C25H45N2NaO3S. The van der Waals surface area contributed by atoms with Crippen molar-refractivity contribution in [1.29, 1.82) is 0 Å². The summed E-state index contributed by atoms with van der Waals surface area (Å²) in [4.78, 5) is -0.286. The predicted molar refractivity (Wildman–Crippen MR) is 131 cm³/mol. The van der Waals surface area contributed by atoms with E-state index in [9.17, 15) is 13.0 Å². The molecule has 1 unspecified atom stereocenters. The zero-order valence-electron chi connectivity index (χ0n) is 20.8. The van der Waals surface area contributed by atoms with E-state index in [0.717, 1.165) is 6.42 Å². The number of hydrogen-bond donors (Lipinski definition) is 2. The molecule has 3 N–H and O–H groups in total. The van der Waals surface area contributed by atoms with Gasteiger partial charge in [-0.05, 0) is 31.5 Å². The van der Waals surface area contributed by atoms with Gasteiger partial charge in [-0.2, -0.15) is 0 Å². The topological polar surface area (TPSA) is 95.2 Å². The minimum absolute atomic E-state index is 0. The molecule has 0 aliphatic carbocycles. The summed E-state index contributed by atoms with van der Waals surface area (Å²) in [5.74, 6) is 0. The summed E-state index contributed by atoms with van der Waals surface area (Å²) in [6.07, 6.45) is 21.4. The van der Waals surface area contributed by atoms with Crippen LogP contribution >= 0.6 is 0 Å². The summed E-state index contributed by atoms with van der Waals surface area (Å²) >= 11 is 0. The van der Waals surface area contributed by atoms with Crippen LogP contribution in [0.2, 0.25) is 0 Å². The van der Waals surface area contributed by atoms with Gasteiger partial charge in [-0.1, -0.05) is 103 Å². The monoisotopic (exact) mass is 476 g/mol. The van der Waals surface area contributed by atoms with Crippen LogP contribution in [0.5, 0.6) is 0 Å². The quantitative estimate of drug-likeness (QED) is 0.135. The number of hydrogen-bond acceptors (Lipinski definition) is 5. The van der Waals surface area contributed by atoms with Crippen molar-refractivity contribution in [3.05, 3.63) is 18.2 Å². The largest absolute Gasteiger partial charge is 1.00 e. The van der Waals surface area contributed by atoms with E-state index in [2.05, 4.69) is 19.2 Å². The number of nitrogens with one attached hydrogen (secondary N) is 1. The van der Waals surface area contributed by atoms with Crippen LogP contribution in [0.15, 0.2) is 23.1 Å². The first-order valence-electron chi connectivity index (χ1n) is 12.5. The average Bonchev–Trinajstić information content (AvgIpc) is 2.71. The second-order valence-electron chi connectivity index (χ2n) is 8.99. The van der Waals surface area contributed by atoms with E-state index in [1.54, 1.807) is 6.07 Å². The van der Waals surface area contributed by atoms with Gasteiger partial charge in [-0.25, -0.2) is 8.42 Å². The van der Waals surface area contributed by atoms with E-state index in [1.807, 2.05) is 0 Å². The standard InChI is InChI=1S/C25H46N2O3S.Na/c1-3-4-5-6-7-8-9-10-11-12-13-14-15-16-17-18-22(2)27-25-20-19-23(21-24(25)26)31(28,29)30;/h19-22,27H,3-18,26H2,1-2H3,(H,28,29,30);/q;+1/p-1. The molecule has 0 spiro atoms. The summed E-state index contributed by atoms with van der Waals surface area (Å²) in [5, 5.41) is 3.32. The van der Waals surface area contributed by atoms with Crippen LogP contribution in [-0.4, -0.2) is 19.0 Å². The Balaban J connectivity index is 0.00000961. The Labute approximate surface area is 219 Å². The minimum Gasteiger partial charge on any atom is -0.744 e. The van der Waals surface area contributed by atoms with Gasteiger partial charge in [-0.3, -0.25) is 0 Å². The maximum absolute atomic E-state index is 11.1. The maximum atomic E-state index is 11.1. The Morgan fingerprint density at radius 2 is 1.28 bits per heavy atom. The molecule has 0 bridgehead atoms. The normalized spacial score (nSPS) is 12.3. The van der Waals surface area contributed by atoms with Gasteiger partial charge >= 0.3 is 29.6 Å². The molecule has 32 heavy (non-hydrogen) atoms. The van der Waals surface area contributed by atoms with Crippen LogP contribution in [0.3, 0.4) is 0 Å². The molecule has 1 aromatic rings. The Kier molecular flexibility index (Phi) is 18.9. The third-order valence-corrected chi connectivity index (χ3v) is 6.79. The van der Waals surface area contributed by atoms with Gasteiger partial charge in [-0.15, -0.1) is 0 Å². The molecule has 0 aliphatic heterocycles. The van der Waals surface area contributed by atoms with Crippen molar-refractivity contribution < 1.29 is 42.5 Å². The van der Waals surface area contributed by atoms with E-state index in [0.29, 0.717) is 11.4 Å². The smallest absolute Gasteiger partial charge is 0.744 e. The Morgan fingerprint density at radius 3 is 1.69 bits per heavy atom. The summed E-state index contributed by atoms with van der Waals surface area (Å²) in [5.41, 5.74) is 6.86. The number of anilines is 2.